The Bertz CT molecular complexity index is 1390. The number of phenolic OH excluding ortho intramolecular Hbond substituents is 1. The van der Waals surface area contributed by atoms with Crippen molar-refractivity contribution in [2.75, 3.05) is 20.4 Å². The van der Waals surface area contributed by atoms with Crippen LogP contribution in [0.4, 0.5) is 0 Å². The van der Waals surface area contributed by atoms with E-state index in [4.69, 9.17) is 9.47 Å². The Morgan fingerprint density at radius 1 is 1.26 bits per heavy atom. The van der Waals surface area contributed by atoms with Crippen molar-refractivity contribution in [2.24, 2.45) is 5.92 Å². The van der Waals surface area contributed by atoms with Gasteiger partial charge in [0.1, 0.15) is 23.7 Å². The minimum Gasteiger partial charge on any atom is -0.507 e. The molecule has 206 valence electrons. The van der Waals surface area contributed by atoms with Crippen LogP contribution in [-0.4, -0.2) is 77.3 Å². The fourth-order valence-corrected chi connectivity index (χ4v) is 7.48. The highest BCUT2D eigenvalue weighted by Crippen LogP contribution is 2.53. The molecule has 4 aliphatic heterocycles. The molecule has 9 nitrogen and oxygen atoms in total. The number of hydrogen-bond acceptors (Lipinski definition) is 8. The Balaban J connectivity index is 1.54. The standard InChI is InChI=1S/C30H36N4O5/c1-13(2)30(37)32-11-22-24-18(26(35)16(5)28-29(24)39-12-38-28)9-20-25-23-17(7-14(3)15(4)27(23)36)8-19(33(25)6)21(10-31)34(20)22/h7,13,19-22,25,29,36H,8-9,11-12H2,1-6H3,(H,32,37)/t19-,20?,21-,22-,25-,29?/m0/s1. The van der Waals surface area contributed by atoms with Crippen LogP contribution in [0.15, 0.2) is 28.5 Å². The smallest absolute Gasteiger partial charge is 0.222 e. The van der Waals surface area contributed by atoms with E-state index in [1.165, 1.54) is 0 Å². The first-order valence-corrected chi connectivity index (χ1v) is 13.8. The highest BCUT2D eigenvalue weighted by Gasteiger charge is 2.58. The molecule has 4 heterocycles. The Morgan fingerprint density at radius 2 is 2.00 bits per heavy atom. The number of phenols is 1. The summed E-state index contributed by atoms with van der Waals surface area (Å²) in [5, 5.41) is 25.1. The van der Waals surface area contributed by atoms with E-state index in [0.29, 0.717) is 35.5 Å². The summed E-state index contributed by atoms with van der Waals surface area (Å²) in [7, 11) is 2.02. The third-order valence-corrected chi connectivity index (χ3v) is 9.62. The van der Waals surface area contributed by atoms with Gasteiger partial charge in [-0.15, -0.1) is 0 Å². The number of piperazine rings is 1. The highest BCUT2D eigenvalue weighted by atomic mass is 16.7. The monoisotopic (exact) mass is 532 g/mol. The van der Waals surface area contributed by atoms with Gasteiger partial charge in [-0.25, -0.2) is 0 Å². The van der Waals surface area contributed by atoms with Crippen LogP contribution < -0.4 is 5.32 Å². The van der Waals surface area contributed by atoms with Gasteiger partial charge in [-0.05, 0) is 62.9 Å². The summed E-state index contributed by atoms with van der Waals surface area (Å²) in [6, 6.07) is 3.21. The Kier molecular flexibility index (Phi) is 6.14. The van der Waals surface area contributed by atoms with Crippen molar-refractivity contribution < 1.29 is 24.2 Å². The Morgan fingerprint density at radius 3 is 2.69 bits per heavy atom. The number of rotatable bonds is 3. The maximum Gasteiger partial charge on any atom is 0.222 e. The van der Waals surface area contributed by atoms with E-state index in [0.717, 1.165) is 27.8 Å². The number of carbonyl (C=O) groups is 2. The lowest BCUT2D eigenvalue weighted by atomic mass is 9.69. The van der Waals surface area contributed by atoms with Gasteiger partial charge in [0.15, 0.2) is 12.6 Å². The predicted octanol–water partition coefficient (Wildman–Crippen LogP) is 2.55. The summed E-state index contributed by atoms with van der Waals surface area (Å²) in [5.41, 5.74) is 5.84. The zero-order chi connectivity index (χ0) is 27.9. The van der Waals surface area contributed by atoms with E-state index in [9.17, 15) is 20.0 Å². The van der Waals surface area contributed by atoms with Crippen molar-refractivity contribution in [3.63, 3.8) is 0 Å². The second-order valence-electron chi connectivity index (χ2n) is 11.9. The predicted molar refractivity (Wildman–Crippen MR) is 142 cm³/mol. The second-order valence-corrected chi connectivity index (χ2v) is 11.9. The average Bonchev–Trinajstić information content (AvgIpc) is 3.39. The number of benzene rings is 1. The molecule has 6 atom stereocenters. The number of ether oxygens (including phenoxy) is 2. The third-order valence-electron chi connectivity index (χ3n) is 9.62. The van der Waals surface area contributed by atoms with Crippen LogP contribution in [0.5, 0.6) is 5.75 Å². The normalized spacial score (nSPS) is 31.8. The number of Topliss-reactive ketones (excluding diaryl/α,β-unsaturated/α-hetero) is 1. The zero-order valence-electron chi connectivity index (χ0n) is 23.4. The Labute approximate surface area is 229 Å². The van der Waals surface area contributed by atoms with E-state index in [2.05, 4.69) is 27.3 Å². The van der Waals surface area contributed by atoms with Gasteiger partial charge in [-0.1, -0.05) is 19.9 Å². The van der Waals surface area contributed by atoms with Crippen molar-refractivity contribution in [1.29, 1.82) is 5.26 Å². The molecular weight excluding hydrogens is 496 g/mol. The van der Waals surface area contributed by atoms with Gasteiger partial charge in [-0.3, -0.25) is 19.4 Å². The number of fused-ring (bicyclic) bond motifs is 8. The summed E-state index contributed by atoms with van der Waals surface area (Å²) in [4.78, 5) is 31.0. The van der Waals surface area contributed by atoms with Crippen LogP contribution in [0.3, 0.4) is 0 Å². The molecule has 0 aromatic heterocycles. The number of aromatic hydroxyl groups is 1. The molecule has 6 rings (SSSR count). The largest absolute Gasteiger partial charge is 0.507 e. The molecule has 5 aliphatic rings. The first-order chi connectivity index (χ1) is 18.6. The van der Waals surface area contributed by atoms with Crippen LogP contribution in [-0.2, 0) is 25.5 Å². The van der Waals surface area contributed by atoms with E-state index in [1.54, 1.807) is 6.92 Å². The van der Waals surface area contributed by atoms with Crippen molar-refractivity contribution in [2.45, 2.75) is 83.8 Å². The molecule has 2 N–H and O–H groups in total. The summed E-state index contributed by atoms with van der Waals surface area (Å²) in [6.07, 6.45) is 0.532. The number of hydrogen-bond donors (Lipinski definition) is 2. The summed E-state index contributed by atoms with van der Waals surface area (Å²) >= 11 is 0. The van der Waals surface area contributed by atoms with Crippen molar-refractivity contribution in [3.8, 4) is 11.8 Å². The Hall–Kier alpha value is -3.19. The first kappa shape index (κ1) is 26.1. The van der Waals surface area contributed by atoms with E-state index in [-0.39, 0.29) is 49.1 Å². The molecule has 1 amide bonds. The number of aryl methyl sites for hydroxylation is 1. The van der Waals surface area contributed by atoms with Crippen molar-refractivity contribution >= 4 is 11.7 Å². The lowest BCUT2D eigenvalue weighted by molar-refractivity contribution is -0.124. The van der Waals surface area contributed by atoms with Crippen LogP contribution >= 0.6 is 0 Å². The SMILES string of the molecule is CC1=C2OCOC2C2=C(CC3[C@H]4c5c(cc(C)c(C)c5O)C[C@@H]([C@H](C#N)N3[C@H]2CNC(=O)C(C)C)N4C)C1=O. The maximum absolute atomic E-state index is 13.8. The fraction of sp³-hybridized carbons (Fsp3) is 0.567. The van der Waals surface area contributed by atoms with Gasteiger partial charge in [0.05, 0.1) is 18.2 Å². The molecular formula is C30H36N4O5. The summed E-state index contributed by atoms with van der Waals surface area (Å²) in [6.45, 7) is 9.70. The molecule has 2 bridgehead atoms. The number of amides is 1. The molecule has 0 radical (unpaired) electrons. The molecule has 9 heteroatoms. The number of nitrogens with zero attached hydrogens (tertiary/aromatic N) is 3. The number of allylic oxidation sites excluding steroid dienone is 1. The number of ketones is 1. The molecule has 1 aromatic rings. The highest BCUT2D eigenvalue weighted by molar-refractivity contribution is 6.10. The fourth-order valence-electron chi connectivity index (χ4n) is 7.48. The van der Waals surface area contributed by atoms with Crippen molar-refractivity contribution in [3.05, 3.63) is 50.8 Å². The van der Waals surface area contributed by atoms with Gasteiger partial charge in [0.2, 0.25) is 5.91 Å². The number of nitrogens with one attached hydrogen (secondary N) is 1. The first-order valence-electron chi connectivity index (χ1n) is 13.8. The van der Waals surface area contributed by atoms with E-state index < -0.39 is 18.2 Å². The van der Waals surface area contributed by atoms with E-state index in [1.807, 2.05) is 34.7 Å². The van der Waals surface area contributed by atoms with Gasteiger partial charge in [-0.2, -0.15) is 5.26 Å². The van der Waals surface area contributed by atoms with Crippen LogP contribution in [0.25, 0.3) is 0 Å². The quantitative estimate of drug-likeness (QED) is 0.611. The lowest BCUT2D eigenvalue weighted by Gasteiger charge is -2.60. The zero-order valence-corrected chi connectivity index (χ0v) is 23.4. The molecule has 2 saturated heterocycles. The van der Waals surface area contributed by atoms with E-state index >= 15 is 0 Å². The van der Waals surface area contributed by atoms with Gasteiger partial charge < -0.3 is 19.9 Å². The molecule has 1 aromatic carbocycles. The summed E-state index contributed by atoms with van der Waals surface area (Å²) in [5.74, 6) is 0.465. The number of nitriles is 1. The molecule has 2 unspecified atom stereocenters. The third kappa shape index (κ3) is 3.62. The number of likely N-dealkylation sites (N-methyl/N-ethyl adjacent to an activating group) is 1. The maximum atomic E-state index is 13.8. The summed E-state index contributed by atoms with van der Waals surface area (Å²) < 4.78 is 11.8. The van der Waals surface area contributed by atoms with Gasteiger partial charge in [0, 0.05) is 41.3 Å². The molecule has 1 aliphatic carbocycles. The van der Waals surface area contributed by atoms with Crippen LogP contribution in [0.1, 0.15) is 55.5 Å². The molecule has 0 saturated carbocycles. The minimum absolute atomic E-state index is 0.0610. The van der Waals surface area contributed by atoms with Gasteiger partial charge in [0.25, 0.3) is 0 Å². The van der Waals surface area contributed by atoms with Crippen LogP contribution in [0, 0.1) is 31.1 Å². The van der Waals surface area contributed by atoms with Gasteiger partial charge >= 0.3 is 0 Å². The topological polar surface area (TPSA) is 115 Å². The second kappa shape index (κ2) is 9.19. The lowest BCUT2D eigenvalue weighted by Crippen LogP contribution is -2.71. The van der Waals surface area contributed by atoms with Crippen molar-refractivity contribution in [1.82, 2.24) is 15.1 Å². The average molecular weight is 533 g/mol. The molecule has 39 heavy (non-hydrogen) atoms. The van der Waals surface area contributed by atoms with Crippen LogP contribution in [0.2, 0.25) is 0 Å². The molecule has 2 fully saturated rings. The molecule has 0 spiro atoms. The number of carbonyl (C=O) groups excluding carboxylic acids is 2. The minimum atomic E-state index is -0.510.